The zero-order chi connectivity index (χ0) is 18.3. The summed E-state index contributed by atoms with van der Waals surface area (Å²) in [4.78, 5) is 11.9. The summed E-state index contributed by atoms with van der Waals surface area (Å²) in [6.45, 7) is 0.947. The summed E-state index contributed by atoms with van der Waals surface area (Å²) in [5.41, 5.74) is 1.09. The number of anilines is 1. The molecule has 0 aliphatic heterocycles. The minimum atomic E-state index is -3.28. The molecule has 0 aromatic heterocycles. The lowest BCUT2D eigenvalue weighted by atomic mass is 10.2. The summed E-state index contributed by atoms with van der Waals surface area (Å²) in [5, 5.41) is 2.83. The highest BCUT2D eigenvalue weighted by atomic mass is 79.9. The molecule has 2 N–H and O–H groups in total. The quantitative estimate of drug-likeness (QED) is 0.635. The monoisotopic (exact) mass is 426 g/mol. The van der Waals surface area contributed by atoms with Crippen molar-refractivity contribution in [1.29, 1.82) is 0 Å². The van der Waals surface area contributed by atoms with E-state index < -0.39 is 10.0 Å². The predicted molar refractivity (Wildman–Crippen MR) is 101 cm³/mol. The van der Waals surface area contributed by atoms with Crippen molar-refractivity contribution in [1.82, 2.24) is 5.32 Å². The summed E-state index contributed by atoms with van der Waals surface area (Å²) in [6, 6.07) is 13.8. The summed E-state index contributed by atoms with van der Waals surface area (Å²) >= 11 is 3.33. The number of carbonyl (C=O) groups is 1. The van der Waals surface area contributed by atoms with Gasteiger partial charge in [0.05, 0.1) is 12.9 Å². The third-order valence-electron chi connectivity index (χ3n) is 3.14. The van der Waals surface area contributed by atoms with Gasteiger partial charge in [-0.05, 0) is 55.0 Å². The zero-order valence-electron chi connectivity index (χ0n) is 13.7. The summed E-state index contributed by atoms with van der Waals surface area (Å²) in [7, 11) is -3.28. The molecule has 0 saturated heterocycles. The Hall–Kier alpha value is -2.06. The SMILES string of the molecule is CS(=O)(=O)Nc1ccc(OCCCNC(=O)c2ccc(Br)cc2)cc1. The number of amides is 1. The van der Waals surface area contributed by atoms with Crippen LogP contribution in [0.4, 0.5) is 5.69 Å². The van der Waals surface area contributed by atoms with Crippen LogP contribution in [0.2, 0.25) is 0 Å². The Morgan fingerprint density at radius 1 is 1.08 bits per heavy atom. The second-order valence-electron chi connectivity index (χ2n) is 5.36. The van der Waals surface area contributed by atoms with Crippen LogP contribution in [-0.4, -0.2) is 33.7 Å². The van der Waals surface area contributed by atoms with Gasteiger partial charge in [-0.3, -0.25) is 9.52 Å². The third kappa shape index (κ3) is 7.15. The van der Waals surface area contributed by atoms with Gasteiger partial charge >= 0.3 is 0 Å². The Bertz CT molecular complexity index is 806. The molecule has 0 aliphatic rings. The average Bonchev–Trinajstić information content (AvgIpc) is 2.55. The van der Waals surface area contributed by atoms with E-state index in [0.29, 0.717) is 36.6 Å². The van der Waals surface area contributed by atoms with Crippen LogP contribution < -0.4 is 14.8 Å². The lowest BCUT2D eigenvalue weighted by Crippen LogP contribution is -2.25. The first kappa shape index (κ1) is 19.3. The van der Waals surface area contributed by atoms with Gasteiger partial charge in [0.25, 0.3) is 5.91 Å². The Balaban J connectivity index is 1.69. The van der Waals surface area contributed by atoms with Crippen LogP contribution in [0, 0.1) is 0 Å². The third-order valence-corrected chi connectivity index (χ3v) is 4.27. The van der Waals surface area contributed by atoms with E-state index in [1.54, 1.807) is 36.4 Å². The molecular formula is C17H19BrN2O4S. The first-order chi connectivity index (χ1) is 11.8. The highest BCUT2D eigenvalue weighted by molar-refractivity contribution is 9.10. The van der Waals surface area contributed by atoms with Crippen LogP contribution in [-0.2, 0) is 10.0 Å². The molecule has 0 unspecified atom stereocenters. The van der Waals surface area contributed by atoms with E-state index in [0.717, 1.165) is 10.7 Å². The highest BCUT2D eigenvalue weighted by Crippen LogP contribution is 2.16. The molecular weight excluding hydrogens is 408 g/mol. The molecule has 134 valence electrons. The second kappa shape index (κ2) is 8.87. The van der Waals surface area contributed by atoms with Gasteiger partial charge in [-0.25, -0.2) is 8.42 Å². The van der Waals surface area contributed by atoms with Crippen molar-refractivity contribution in [2.45, 2.75) is 6.42 Å². The highest BCUT2D eigenvalue weighted by Gasteiger charge is 2.04. The van der Waals surface area contributed by atoms with E-state index >= 15 is 0 Å². The fourth-order valence-corrected chi connectivity index (χ4v) is 2.83. The van der Waals surface area contributed by atoms with E-state index in [1.807, 2.05) is 12.1 Å². The number of halogens is 1. The van der Waals surface area contributed by atoms with E-state index in [-0.39, 0.29) is 5.91 Å². The first-order valence-corrected chi connectivity index (χ1v) is 10.3. The van der Waals surface area contributed by atoms with Crippen molar-refractivity contribution >= 4 is 37.5 Å². The number of hydrogen-bond acceptors (Lipinski definition) is 4. The van der Waals surface area contributed by atoms with Crippen LogP contribution in [0.15, 0.2) is 53.0 Å². The van der Waals surface area contributed by atoms with Gasteiger partial charge in [-0.15, -0.1) is 0 Å². The first-order valence-electron chi connectivity index (χ1n) is 7.58. The van der Waals surface area contributed by atoms with Crippen LogP contribution in [0.5, 0.6) is 5.75 Å². The maximum atomic E-state index is 11.9. The summed E-state index contributed by atoms with van der Waals surface area (Å²) < 4.78 is 31.1. The molecule has 8 heteroatoms. The van der Waals surface area contributed by atoms with Crippen LogP contribution in [0.1, 0.15) is 16.8 Å². The van der Waals surface area contributed by atoms with Crippen LogP contribution in [0.3, 0.4) is 0 Å². The van der Waals surface area contributed by atoms with Crippen molar-refractivity contribution in [2.75, 3.05) is 24.1 Å². The number of rotatable bonds is 8. The number of hydrogen-bond donors (Lipinski definition) is 2. The molecule has 0 aliphatic carbocycles. The number of ether oxygens (including phenoxy) is 1. The van der Waals surface area contributed by atoms with E-state index in [2.05, 4.69) is 26.0 Å². The van der Waals surface area contributed by atoms with Gasteiger partial charge in [-0.1, -0.05) is 15.9 Å². The molecule has 6 nitrogen and oxygen atoms in total. The van der Waals surface area contributed by atoms with Crippen molar-refractivity contribution in [2.24, 2.45) is 0 Å². The van der Waals surface area contributed by atoms with Crippen LogP contribution in [0.25, 0.3) is 0 Å². The maximum Gasteiger partial charge on any atom is 0.251 e. The number of benzene rings is 2. The molecule has 0 fully saturated rings. The fraction of sp³-hybridized carbons (Fsp3) is 0.235. The average molecular weight is 427 g/mol. The Morgan fingerprint density at radius 2 is 1.72 bits per heavy atom. The molecule has 2 aromatic carbocycles. The Kier molecular flexibility index (Phi) is 6.83. The smallest absolute Gasteiger partial charge is 0.251 e. The predicted octanol–water partition coefficient (Wildman–Crippen LogP) is 3.02. The van der Waals surface area contributed by atoms with Crippen molar-refractivity contribution in [3.8, 4) is 5.75 Å². The van der Waals surface area contributed by atoms with E-state index in [1.165, 1.54) is 0 Å². The zero-order valence-corrected chi connectivity index (χ0v) is 16.1. The summed E-state index contributed by atoms with van der Waals surface area (Å²) in [6.07, 6.45) is 1.76. The van der Waals surface area contributed by atoms with E-state index in [9.17, 15) is 13.2 Å². The number of nitrogens with one attached hydrogen (secondary N) is 2. The molecule has 0 atom stereocenters. The topological polar surface area (TPSA) is 84.5 Å². The van der Waals surface area contributed by atoms with Gasteiger partial charge in [-0.2, -0.15) is 0 Å². The standard InChI is InChI=1S/C17H19BrN2O4S/c1-25(22,23)20-15-7-9-16(10-8-15)24-12-2-11-19-17(21)13-3-5-14(18)6-4-13/h3-10,20H,2,11-12H2,1H3,(H,19,21). The van der Waals surface area contributed by atoms with Crippen molar-refractivity contribution < 1.29 is 17.9 Å². The lowest BCUT2D eigenvalue weighted by molar-refractivity contribution is 0.0951. The summed E-state index contributed by atoms with van der Waals surface area (Å²) in [5.74, 6) is 0.516. The minimum Gasteiger partial charge on any atom is -0.494 e. The molecule has 0 saturated carbocycles. The molecule has 25 heavy (non-hydrogen) atoms. The number of sulfonamides is 1. The van der Waals surface area contributed by atoms with Gasteiger partial charge in [0.2, 0.25) is 10.0 Å². The van der Waals surface area contributed by atoms with Gasteiger partial charge < -0.3 is 10.1 Å². The van der Waals surface area contributed by atoms with E-state index in [4.69, 9.17) is 4.74 Å². The largest absolute Gasteiger partial charge is 0.494 e. The van der Waals surface area contributed by atoms with Crippen molar-refractivity contribution in [3.05, 3.63) is 58.6 Å². The molecule has 0 spiro atoms. The Morgan fingerprint density at radius 3 is 2.32 bits per heavy atom. The van der Waals surface area contributed by atoms with Gasteiger partial charge in [0.15, 0.2) is 0 Å². The Labute approximate surface area is 155 Å². The van der Waals surface area contributed by atoms with Crippen LogP contribution >= 0.6 is 15.9 Å². The lowest BCUT2D eigenvalue weighted by Gasteiger charge is -2.09. The minimum absolute atomic E-state index is 0.122. The van der Waals surface area contributed by atoms with Gasteiger partial charge in [0, 0.05) is 22.3 Å². The van der Waals surface area contributed by atoms with Gasteiger partial charge in [0.1, 0.15) is 5.75 Å². The molecule has 1 amide bonds. The maximum absolute atomic E-state index is 11.9. The molecule has 2 rings (SSSR count). The molecule has 0 radical (unpaired) electrons. The van der Waals surface area contributed by atoms with Crippen molar-refractivity contribution in [3.63, 3.8) is 0 Å². The molecule has 0 heterocycles. The normalized spacial score (nSPS) is 11.0. The molecule has 2 aromatic rings. The fourth-order valence-electron chi connectivity index (χ4n) is 2.00. The second-order valence-corrected chi connectivity index (χ2v) is 8.03. The molecule has 0 bridgehead atoms. The number of carbonyl (C=O) groups excluding carboxylic acids is 1.